The fourth-order valence-corrected chi connectivity index (χ4v) is 3.57. The van der Waals surface area contributed by atoms with Crippen LogP contribution in [0.1, 0.15) is 36.8 Å². The van der Waals surface area contributed by atoms with E-state index in [1.165, 1.54) is 36.8 Å². The second kappa shape index (κ2) is 5.22. The Morgan fingerprint density at radius 3 is 2.94 bits per heavy atom. The first-order valence-corrected chi connectivity index (χ1v) is 7.71. The normalized spacial score (nSPS) is 20.1. The molecule has 2 aliphatic rings. The van der Waals surface area contributed by atoms with E-state index in [9.17, 15) is 0 Å². The molecule has 0 aromatic heterocycles. The van der Waals surface area contributed by atoms with Crippen LogP contribution in [0.2, 0.25) is 0 Å². The molecule has 3 heteroatoms. The van der Waals surface area contributed by atoms with Crippen molar-refractivity contribution in [2.75, 3.05) is 6.61 Å². The van der Waals surface area contributed by atoms with Crippen molar-refractivity contribution in [1.82, 2.24) is 0 Å². The van der Waals surface area contributed by atoms with Crippen LogP contribution in [0.4, 0.5) is 0 Å². The van der Waals surface area contributed by atoms with Crippen LogP contribution >= 0.6 is 15.9 Å². The van der Waals surface area contributed by atoms with Crippen LogP contribution in [-0.2, 0) is 12.8 Å². The molecule has 1 heterocycles. The standard InChI is InChI=1S/C15H20BrNO/c16-13-7-11-4-5-18-15(11)12(8-13)9-14(17)6-10-2-1-3-10/h7-8,10,14H,1-6,9,17H2. The zero-order chi connectivity index (χ0) is 12.5. The molecule has 98 valence electrons. The number of hydrogen-bond acceptors (Lipinski definition) is 2. The molecule has 0 saturated heterocycles. The van der Waals surface area contributed by atoms with Gasteiger partial charge in [-0.1, -0.05) is 35.2 Å². The smallest absolute Gasteiger partial charge is 0.125 e. The van der Waals surface area contributed by atoms with Crippen LogP contribution in [-0.4, -0.2) is 12.6 Å². The van der Waals surface area contributed by atoms with Gasteiger partial charge in [-0.2, -0.15) is 0 Å². The van der Waals surface area contributed by atoms with E-state index in [2.05, 4.69) is 28.1 Å². The maximum absolute atomic E-state index is 6.29. The minimum absolute atomic E-state index is 0.276. The molecule has 1 aliphatic carbocycles. The second-order valence-electron chi connectivity index (χ2n) is 5.65. The van der Waals surface area contributed by atoms with Crippen molar-refractivity contribution in [2.24, 2.45) is 11.7 Å². The summed E-state index contributed by atoms with van der Waals surface area (Å²) in [6.07, 6.45) is 7.29. The van der Waals surface area contributed by atoms with E-state index in [0.717, 1.165) is 35.6 Å². The van der Waals surface area contributed by atoms with Gasteiger partial charge in [0.25, 0.3) is 0 Å². The van der Waals surface area contributed by atoms with Crippen LogP contribution in [0, 0.1) is 5.92 Å². The average Bonchev–Trinajstić information content (AvgIpc) is 2.71. The summed E-state index contributed by atoms with van der Waals surface area (Å²) in [5, 5.41) is 0. The summed E-state index contributed by atoms with van der Waals surface area (Å²) in [7, 11) is 0. The minimum Gasteiger partial charge on any atom is -0.493 e. The molecule has 18 heavy (non-hydrogen) atoms. The summed E-state index contributed by atoms with van der Waals surface area (Å²) in [6.45, 7) is 0.816. The fraction of sp³-hybridized carbons (Fsp3) is 0.600. The Morgan fingerprint density at radius 1 is 1.39 bits per heavy atom. The molecule has 2 nitrogen and oxygen atoms in total. The van der Waals surface area contributed by atoms with Gasteiger partial charge in [0.15, 0.2) is 0 Å². The van der Waals surface area contributed by atoms with E-state index in [-0.39, 0.29) is 6.04 Å². The van der Waals surface area contributed by atoms with Crippen LogP contribution in [0.25, 0.3) is 0 Å². The highest BCUT2D eigenvalue weighted by atomic mass is 79.9. The van der Waals surface area contributed by atoms with Gasteiger partial charge < -0.3 is 10.5 Å². The third-order valence-electron chi connectivity index (χ3n) is 4.17. The second-order valence-corrected chi connectivity index (χ2v) is 6.56. The molecule has 0 bridgehead atoms. The first-order valence-electron chi connectivity index (χ1n) is 6.92. The molecule has 0 radical (unpaired) electrons. The van der Waals surface area contributed by atoms with E-state index in [1.807, 2.05) is 0 Å². The highest BCUT2D eigenvalue weighted by Gasteiger charge is 2.23. The van der Waals surface area contributed by atoms with Gasteiger partial charge in [-0.3, -0.25) is 0 Å². The molecule has 1 aromatic carbocycles. The lowest BCUT2D eigenvalue weighted by molar-refractivity contribution is 0.274. The van der Waals surface area contributed by atoms with Crippen molar-refractivity contribution in [3.05, 3.63) is 27.7 Å². The van der Waals surface area contributed by atoms with E-state index < -0.39 is 0 Å². The lowest BCUT2D eigenvalue weighted by Crippen LogP contribution is -2.28. The van der Waals surface area contributed by atoms with Gasteiger partial charge in [0.2, 0.25) is 0 Å². The van der Waals surface area contributed by atoms with Gasteiger partial charge in [-0.25, -0.2) is 0 Å². The molecule has 1 unspecified atom stereocenters. The lowest BCUT2D eigenvalue weighted by atomic mass is 9.80. The van der Waals surface area contributed by atoms with Crippen molar-refractivity contribution < 1.29 is 4.74 Å². The maximum atomic E-state index is 6.29. The monoisotopic (exact) mass is 309 g/mol. The Labute approximate surface area is 117 Å². The zero-order valence-corrected chi connectivity index (χ0v) is 12.2. The number of fused-ring (bicyclic) bond motifs is 1. The van der Waals surface area contributed by atoms with E-state index in [4.69, 9.17) is 10.5 Å². The Balaban J connectivity index is 1.71. The molecule has 1 saturated carbocycles. The van der Waals surface area contributed by atoms with Crippen LogP contribution in [0.3, 0.4) is 0 Å². The van der Waals surface area contributed by atoms with Gasteiger partial charge in [0, 0.05) is 16.9 Å². The number of rotatable bonds is 4. The Kier molecular flexibility index (Phi) is 3.62. The van der Waals surface area contributed by atoms with Crippen molar-refractivity contribution >= 4 is 15.9 Å². The average molecular weight is 310 g/mol. The van der Waals surface area contributed by atoms with Crippen LogP contribution in [0.15, 0.2) is 16.6 Å². The number of benzene rings is 1. The maximum Gasteiger partial charge on any atom is 0.125 e. The van der Waals surface area contributed by atoms with Gasteiger partial charge in [-0.15, -0.1) is 0 Å². The molecule has 1 fully saturated rings. The molecule has 1 aliphatic heterocycles. The quantitative estimate of drug-likeness (QED) is 0.924. The molecule has 0 amide bonds. The summed E-state index contributed by atoms with van der Waals surface area (Å²) in [5.41, 5.74) is 8.90. The number of nitrogens with two attached hydrogens (primary N) is 1. The predicted octanol–water partition coefficient (Wildman–Crippen LogP) is 3.44. The van der Waals surface area contributed by atoms with Crippen molar-refractivity contribution in [3.63, 3.8) is 0 Å². The molecule has 2 N–H and O–H groups in total. The summed E-state index contributed by atoms with van der Waals surface area (Å²) in [6, 6.07) is 4.62. The largest absolute Gasteiger partial charge is 0.493 e. The molecule has 3 rings (SSSR count). The molecule has 0 spiro atoms. The van der Waals surface area contributed by atoms with Crippen LogP contribution < -0.4 is 10.5 Å². The van der Waals surface area contributed by atoms with E-state index >= 15 is 0 Å². The summed E-state index contributed by atoms with van der Waals surface area (Å²) < 4.78 is 6.90. The van der Waals surface area contributed by atoms with Crippen molar-refractivity contribution in [1.29, 1.82) is 0 Å². The Hall–Kier alpha value is -0.540. The number of ether oxygens (including phenoxy) is 1. The van der Waals surface area contributed by atoms with Gasteiger partial charge in [0.1, 0.15) is 5.75 Å². The summed E-state index contributed by atoms with van der Waals surface area (Å²) >= 11 is 3.58. The molecular formula is C15H20BrNO. The Morgan fingerprint density at radius 2 is 2.22 bits per heavy atom. The highest BCUT2D eigenvalue weighted by molar-refractivity contribution is 9.10. The number of halogens is 1. The Bertz CT molecular complexity index is 442. The van der Waals surface area contributed by atoms with E-state index in [1.54, 1.807) is 0 Å². The highest BCUT2D eigenvalue weighted by Crippen LogP contribution is 2.35. The summed E-state index contributed by atoms with van der Waals surface area (Å²) in [5.74, 6) is 1.98. The van der Waals surface area contributed by atoms with E-state index in [0.29, 0.717) is 0 Å². The molecule has 1 atom stereocenters. The summed E-state index contributed by atoms with van der Waals surface area (Å²) in [4.78, 5) is 0. The number of hydrogen-bond donors (Lipinski definition) is 1. The third kappa shape index (κ3) is 2.57. The topological polar surface area (TPSA) is 35.2 Å². The first kappa shape index (κ1) is 12.5. The lowest BCUT2D eigenvalue weighted by Gasteiger charge is -2.28. The van der Waals surface area contributed by atoms with Gasteiger partial charge >= 0.3 is 0 Å². The fourth-order valence-electron chi connectivity index (χ4n) is 3.02. The van der Waals surface area contributed by atoms with Crippen molar-refractivity contribution in [3.8, 4) is 5.75 Å². The van der Waals surface area contributed by atoms with Crippen molar-refractivity contribution in [2.45, 2.75) is 44.6 Å². The predicted molar refractivity (Wildman–Crippen MR) is 77.0 cm³/mol. The molecule has 1 aromatic rings. The molecular weight excluding hydrogens is 290 g/mol. The zero-order valence-electron chi connectivity index (χ0n) is 10.6. The van der Waals surface area contributed by atoms with Gasteiger partial charge in [-0.05, 0) is 42.0 Å². The van der Waals surface area contributed by atoms with Crippen LogP contribution in [0.5, 0.6) is 5.75 Å². The SMILES string of the molecule is NC(Cc1cc(Br)cc2c1OCC2)CC1CCC1. The minimum atomic E-state index is 0.276. The third-order valence-corrected chi connectivity index (χ3v) is 4.63. The van der Waals surface area contributed by atoms with Gasteiger partial charge in [0.05, 0.1) is 6.61 Å². The first-order chi connectivity index (χ1) is 8.72.